The molecular weight excluding hydrogens is 412 g/mol. The Labute approximate surface area is 178 Å². The van der Waals surface area contributed by atoms with Crippen molar-refractivity contribution in [3.05, 3.63) is 34.9 Å². The van der Waals surface area contributed by atoms with Crippen molar-refractivity contribution in [1.82, 2.24) is 5.01 Å². The van der Waals surface area contributed by atoms with Gasteiger partial charge in [0.1, 0.15) is 0 Å². The Kier molecular flexibility index (Phi) is 5.27. The number of nitrogens with zero attached hydrogens (tertiary/aromatic N) is 2. The highest BCUT2D eigenvalue weighted by atomic mass is 35.5. The lowest BCUT2D eigenvalue weighted by molar-refractivity contribution is -0.148. The molecule has 2 aliphatic carbocycles. The number of allylic oxidation sites excluding steroid dienone is 2. The van der Waals surface area contributed by atoms with Crippen molar-refractivity contribution in [1.29, 1.82) is 0 Å². The van der Waals surface area contributed by atoms with Crippen molar-refractivity contribution in [3.8, 4) is 11.5 Å². The number of imide groups is 1. The first-order valence-electron chi connectivity index (χ1n) is 9.57. The summed E-state index contributed by atoms with van der Waals surface area (Å²) in [5.41, 5.74) is 0.355. The summed E-state index contributed by atoms with van der Waals surface area (Å²) in [6.45, 7) is 1.53. The molecule has 5 unspecified atom stereocenters. The normalized spacial score (nSPS) is 27.7. The Bertz CT molecular complexity index is 944. The van der Waals surface area contributed by atoms with Crippen LogP contribution in [0, 0.1) is 23.7 Å². The van der Waals surface area contributed by atoms with Crippen molar-refractivity contribution in [2.24, 2.45) is 28.8 Å². The molecule has 4 rings (SSSR count). The highest BCUT2D eigenvalue weighted by molar-refractivity contribution is 6.31. The Balaban J connectivity index is 1.63. The molecule has 2 fully saturated rings. The van der Waals surface area contributed by atoms with Gasteiger partial charge >= 0.3 is 5.97 Å². The molecule has 2 amide bonds. The summed E-state index contributed by atoms with van der Waals surface area (Å²) in [6, 6.07) is 3.07. The number of carbonyl (C=O) groups is 3. The fourth-order valence-electron chi connectivity index (χ4n) is 4.47. The fourth-order valence-corrected chi connectivity index (χ4v) is 4.69. The number of ether oxygens (including phenoxy) is 3. The first kappa shape index (κ1) is 20.4. The third-order valence-electron chi connectivity index (χ3n) is 5.86. The summed E-state index contributed by atoms with van der Waals surface area (Å²) in [6.07, 6.45) is 5.28. The summed E-state index contributed by atoms with van der Waals surface area (Å²) < 4.78 is 15.7. The number of hydrazone groups is 1. The zero-order valence-electron chi connectivity index (χ0n) is 16.7. The molecule has 9 heteroatoms. The lowest BCUT2D eigenvalue weighted by Crippen LogP contribution is -2.28. The molecule has 2 bridgehead atoms. The minimum atomic E-state index is -0.923. The number of rotatable bonds is 6. The van der Waals surface area contributed by atoms with Gasteiger partial charge in [-0.1, -0.05) is 23.8 Å². The molecule has 1 aromatic rings. The van der Waals surface area contributed by atoms with E-state index in [9.17, 15) is 14.4 Å². The topological polar surface area (TPSA) is 94.5 Å². The predicted octanol–water partition coefficient (Wildman–Crippen LogP) is 2.43. The highest BCUT2D eigenvalue weighted by Gasteiger charge is 2.59. The second-order valence-corrected chi connectivity index (χ2v) is 7.98. The van der Waals surface area contributed by atoms with Gasteiger partial charge in [-0.2, -0.15) is 10.1 Å². The van der Waals surface area contributed by atoms with E-state index in [2.05, 4.69) is 5.10 Å². The lowest BCUT2D eigenvalue weighted by atomic mass is 9.85. The molecule has 1 aromatic carbocycles. The third-order valence-corrected chi connectivity index (χ3v) is 6.07. The summed E-state index contributed by atoms with van der Waals surface area (Å²) in [7, 11) is 2.69. The number of esters is 1. The summed E-state index contributed by atoms with van der Waals surface area (Å²) in [4.78, 5) is 37.4. The molecule has 0 N–H and O–H groups in total. The van der Waals surface area contributed by atoms with Crippen molar-refractivity contribution < 1.29 is 28.6 Å². The van der Waals surface area contributed by atoms with Gasteiger partial charge in [0, 0.05) is 16.7 Å². The maximum Gasteiger partial charge on any atom is 0.346 e. The number of carbonyl (C=O) groups excluding carboxylic acids is 3. The van der Waals surface area contributed by atoms with Crippen LogP contribution in [0.3, 0.4) is 0 Å². The molecule has 1 saturated heterocycles. The van der Waals surface area contributed by atoms with Crippen molar-refractivity contribution in [2.75, 3.05) is 14.2 Å². The van der Waals surface area contributed by atoms with Crippen LogP contribution in [0.2, 0.25) is 5.02 Å². The second-order valence-electron chi connectivity index (χ2n) is 7.54. The fraction of sp³-hybridized carbons (Fsp3) is 0.429. The molecule has 1 saturated carbocycles. The predicted molar refractivity (Wildman–Crippen MR) is 107 cm³/mol. The van der Waals surface area contributed by atoms with Gasteiger partial charge in [-0.25, -0.2) is 4.79 Å². The Morgan fingerprint density at radius 1 is 1.20 bits per heavy atom. The van der Waals surface area contributed by atoms with Gasteiger partial charge in [0.25, 0.3) is 11.8 Å². The molecule has 1 heterocycles. The number of hydrogen-bond donors (Lipinski definition) is 0. The van der Waals surface area contributed by atoms with Gasteiger partial charge in [0.15, 0.2) is 17.6 Å². The molecule has 8 nitrogen and oxygen atoms in total. The van der Waals surface area contributed by atoms with Gasteiger partial charge in [0.05, 0.1) is 32.3 Å². The lowest BCUT2D eigenvalue weighted by Gasteiger charge is -2.18. The maximum atomic E-state index is 12.8. The Hall–Kier alpha value is -2.87. The summed E-state index contributed by atoms with van der Waals surface area (Å²) in [5.74, 6) is -1.17. The van der Waals surface area contributed by atoms with Crippen LogP contribution in [0.25, 0.3) is 0 Å². The summed E-state index contributed by atoms with van der Waals surface area (Å²) >= 11 is 6.16. The molecule has 3 aliphatic rings. The molecule has 0 radical (unpaired) electrons. The Morgan fingerprint density at radius 2 is 1.83 bits per heavy atom. The molecule has 1 aliphatic heterocycles. The van der Waals surface area contributed by atoms with Crippen LogP contribution in [-0.4, -0.2) is 49.3 Å². The van der Waals surface area contributed by atoms with Crippen LogP contribution < -0.4 is 9.47 Å². The second kappa shape index (κ2) is 7.75. The van der Waals surface area contributed by atoms with E-state index in [1.54, 1.807) is 6.07 Å². The van der Waals surface area contributed by atoms with E-state index < -0.39 is 12.1 Å². The number of methoxy groups -OCH3 is 2. The molecule has 0 spiro atoms. The zero-order valence-corrected chi connectivity index (χ0v) is 17.5. The van der Waals surface area contributed by atoms with Gasteiger partial charge in [0.2, 0.25) is 0 Å². The number of halogens is 1. The first-order valence-corrected chi connectivity index (χ1v) is 9.95. The van der Waals surface area contributed by atoms with E-state index in [1.807, 2.05) is 12.2 Å². The average molecular weight is 433 g/mol. The van der Waals surface area contributed by atoms with E-state index in [0.29, 0.717) is 10.6 Å². The zero-order chi connectivity index (χ0) is 21.6. The van der Waals surface area contributed by atoms with Gasteiger partial charge in [-0.3, -0.25) is 9.59 Å². The van der Waals surface area contributed by atoms with Gasteiger partial charge in [-0.05, 0) is 31.2 Å². The van der Waals surface area contributed by atoms with Crippen LogP contribution in [0.1, 0.15) is 18.9 Å². The minimum absolute atomic E-state index is 0.0997. The van der Waals surface area contributed by atoms with E-state index >= 15 is 0 Å². The minimum Gasteiger partial charge on any atom is -0.493 e. The largest absolute Gasteiger partial charge is 0.493 e. The van der Waals surface area contributed by atoms with Gasteiger partial charge in [-0.15, -0.1) is 0 Å². The van der Waals surface area contributed by atoms with Crippen LogP contribution in [0.5, 0.6) is 11.5 Å². The first-order chi connectivity index (χ1) is 14.3. The molecule has 0 aromatic heterocycles. The van der Waals surface area contributed by atoms with Crippen LogP contribution in [-0.2, 0) is 19.1 Å². The monoisotopic (exact) mass is 432 g/mol. The van der Waals surface area contributed by atoms with E-state index in [0.717, 1.165) is 11.4 Å². The number of fused-ring (bicyclic) bond motifs is 5. The van der Waals surface area contributed by atoms with Crippen LogP contribution >= 0.6 is 11.6 Å². The smallest absolute Gasteiger partial charge is 0.346 e. The third kappa shape index (κ3) is 3.25. The standard InChI is InChI=1S/C21H21ClN2O6/c1-10(21(27)29-3)30-18-13(7-14(22)8-15(18)28-2)9-23-24-19(25)16-11-4-5-12(6-11)17(16)20(24)26/h4-5,7-12,16-17H,6H2,1-3H3. The van der Waals surface area contributed by atoms with Gasteiger partial charge < -0.3 is 14.2 Å². The van der Waals surface area contributed by atoms with E-state index in [4.69, 9.17) is 25.8 Å². The van der Waals surface area contributed by atoms with Crippen LogP contribution in [0.4, 0.5) is 0 Å². The molecule has 30 heavy (non-hydrogen) atoms. The number of hydrogen-bond acceptors (Lipinski definition) is 7. The maximum absolute atomic E-state index is 12.8. The quantitative estimate of drug-likeness (QED) is 0.296. The molecule has 158 valence electrons. The average Bonchev–Trinajstić information content (AvgIpc) is 3.41. The molecular formula is C21H21ClN2O6. The Morgan fingerprint density at radius 3 is 2.40 bits per heavy atom. The SMILES string of the molecule is COC(=O)C(C)Oc1c(C=NN2C(=O)C3C4C=CC(C4)C3C2=O)cc(Cl)cc1OC. The number of benzene rings is 1. The van der Waals surface area contributed by atoms with E-state index in [-0.39, 0.29) is 47.0 Å². The van der Waals surface area contributed by atoms with Crippen molar-refractivity contribution in [2.45, 2.75) is 19.4 Å². The molecule has 5 atom stereocenters. The van der Waals surface area contributed by atoms with Crippen LogP contribution in [0.15, 0.2) is 29.4 Å². The number of amides is 2. The highest BCUT2D eigenvalue weighted by Crippen LogP contribution is 2.52. The summed E-state index contributed by atoms with van der Waals surface area (Å²) in [5, 5.41) is 5.43. The van der Waals surface area contributed by atoms with Crippen molar-refractivity contribution >= 4 is 35.6 Å². The van der Waals surface area contributed by atoms with Crippen molar-refractivity contribution in [3.63, 3.8) is 0 Å². The van der Waals surface area contributed by atoms with E-state index in [1.165, 1.54) is 33.4 Å².